The minimum Gasteiger partial charge on any atom is -0.396 e. The van der Waals surface area contributed by atoms with E-state index in [9.17, 15) is 71.1 Å². The van der Waals surface area contributed by atoms with Crippen LogP contribution in [0, 0.1) is 245 Å². The molecule has 3 aromatic heterocycles. The summed E-state index contributed by atoms with van der Waals surface area (Å²) in [7, 11) is 0. The maximum atomic E-state index is 15.3. The normalized spacial score (nSPS) is 12.2. The van der Waals surface area contributed by atoms with E-state index in [0.29, 0.717) is 0 Å². The molecule has 2 N–H and O–H groups in total. The van der Waals surface area contributed by atoms with E-state index in [0.717, 1.165) is 49.4 Å². The Morgan fingerprint density at radius 2 is 0.670 bits per heavy atom. The summed E-state index contributed by atoms with van der Waals surface area (Å²) in [6, 6.07) is 14.4. The Morgan fingerprint density at radius 1 is 0.351 bits per heavy atom. The van der Waals surface area contributed by atoms with E-state index in [-0.39, 0.29) is 67.5 Å². The maximum Gasteiger partial charge on any atom is 0.307 e. The Bertz CT molecular complexity index is 5360. The molecule has 5 aromatic carbocycles. The fourth-order valence-electron chi connectivity index (χ4n) is 8.61. The van der Waals surface area contributed by atoms with Gasteiger partial charge in [0.15, 0.2) is 104 Å². The molecule has 0 aliphatic heterocycles. The molecular weight excluding hydrogens is 1310 g/mol. The number of rotatable bonds is 3. The summed E-state index contributed by atoms with van der Waals surface area (Å²) >= 11 is 0. The molecule has 22 nitrogen and oxygen atoms in total. The monoisotopic (exact) mass is 1320 g/mol. The number of halogens is 15. The molecule has 97 heavy (non-hydrogen) atoms. The molecular formula is C60H5F15N22. The molecule has 37 heteroatoms. The van der Waals surface area contributed by atoms with Gasteiger partial charge < -0.3 is 15.4 Å². The first-order valence-corrected chi connectivity index (χ1v) is 24.3. The van der Waals surface area contributed by atoms with Crippen molar-refractivity contribution in [1.29, 1.82) is 57.9 Å². The highest BCUT2D eigenvalue weighted by Crippen LogP contribution is 2.58. The molecule has 8 aromatic rings. The van der Waals surface area contributed by atoms with Gasteiger partial charge >= 0.3 is 11.6 Å². The molecule has 0 radical (unpaired) electrons. The molecule has 1 saturated carbocycles. The Balaban J connectivity index is 0.000000226. The predicted molar refractivity (Wildman–Crippen MR) is 289 cm³/mol. The fourth-order valence-corrected chi connectivity index (χ4v) is 8.61. The summed E-state index contributed by atoms with van der Waals surface area (Å²) in [4.78, 5) is 36.1. The number of hydrogen-bond donors (Lipinski definition) is 1. The minimum atomic E-state index is -2.44. The minimum absolute atomic E-state index is 0.00714. The van der Waals surface area contributed by atoms with Crippen LogP contribution >= 0.6 is 0 Å². The van der Waals surface area contributed by atoms with Crippen LogP contribution in [-0.2, 0) is 0 Å². The van der Waals surface area contributed by atoms with Crippen molar-refractivity contribution in [2.45, 2.75) is 6.92 Å². The van der Waals surface area contributed by atoms with Gasteiger partial charge in [0.25, 0.3) is 5.69 Å². The number of anilines is 1. The van der Waals surface area contributed by atoms with Gasteiger partial charge in [-0.05, 0) is 23.6 Å². The summed E-state index contributed by atoms with van der Waals surface area (Å²) in [5.41, 5.74) is -17.9. The van der Waals surface area contributed by atoms with Crippen molar-refractivity contribution in [2.75, 3.05) is 5.73 Å². The Hall–Kier alpha value is -15.8. The number of nitrogens with two attached hydrogens (primary N) is 1. The quantitative estimate of drug-likeness (QED) is 0.0429. The number of nitrogen functional groups attached to an aromatic ring is 1. The summed E-state index contributed by atoms with van der Waals surface area (Å²) in [6.07, 6.45) is 0. The fraction of sp³-hybridized carbons (Fsp3) is 0.0167. The van der Waals surface area contributed by atoms with Crippen LogP contribution in [0.25, 0.3) is 80.5 Å². The second-order valence-corrected chi connectivity index (χ2v) is 17.8. The van der Waals surface area contributed by atoms with Gasteiger partial charge in [0, 0.05) is 5.56 Å². The van der Waals surface area contributed by atoms with E-state index >= 15 is 26.3 Å². The van der Waals surface area contributed by atoms with Crippen LogP contribution in [0.5, 0.6) is 0 Å². The highest BCUT2D eigenvalue weighted by molar-refractivity contribution is 6.19. The number of nitriles is 11. The number of fused-ring (bicyclic) bond motifs is 6. The molecule has 1 aliphatic rings. The number of hydrogen-bond acceptors (Lipinski definition) is 18. The average molecular weight is 1320 g/mol. The van der Waals surface area contributed by atoms with Crippen molar-refractivity contribution in [1.82, 2.24) is 29.9 Å². The van der Waals surface area contributed by atoms with Gasteiger partial charge in [-0.2, -0.15) is 57.9 Å². The second kappa shape index (κ2) is 26.7. The van der Waals surface area contributed by atoms with Gasteiger partial charge in [0.2, 0.25) is 16.7 Å². The van der Waals surface area contributed by atoms with Crippen molar-refractivity contribution in [3.8, 4) is 66.8 Å². The van der Waals surface area contributed by atoms with E-state index in [2.05, 4.69) is 49.3 Å². The van der Waals surface area contributed by atoms with Crippen LogP contribution in [0.4, 0.5) is 88.9 Å². The number of benzene rings is 5. The molecule has 0 saturated heterocycles. The van der Waals surface area contributed by atoms with E-state index in [1.165, 1.54) is 0 Å². The standard InChI is InChI=1S/C30H5F11N6.C18N12.C12F4N4/c1-7-17(31)13(20(34)25(39)28(7)45)8(4-42)11-12(9(5-43)14-21(35)26(40)30(47-3)27(41)22(14)36)15(11)29(46-2)16-23(37)18(32)10(6-44)19(33)24(16)38;1-23-17-9(5-21)27-13-11-12(26-8(4-20)7(3-19)25-11)14-16(15(13)29-17)30-18(24-2)10(6-22)28-14;13-9-7(5(1-17)2-18)10(14)12(16)8(11(9)15)6(3-19)4-20/h45H2,1H3;;. The topological polar surface area (TPSA) is 382 Å². The summed E-state index contributed by atoms with van der Waals surface area (Å²) < 4.78 is 218. The molecule has 3 heterocycles. The predicted octanol–water partition coefficient (Wildman–Crippen LogP) is 10.9. The Kier molecular flexibility index (Phi) is 18.9. The molecule has 9 rings (SSSR count). The van der Waals surface area contributed by atoms with Crippen LogP contribution in [0.1, 0.15) is 50.6 Å². The van der Waals surface area contributed by atoms with Crippen molar-refractivity contribution < 1.29 is 65.9 Å². The first-order valence-electron chi connectivity index (χ1n) is 24.3. The molecule has 0 spiro atoms. The summed E-state index contributed by atoms with van der Waals surface area (Å²) in [5.74, 6) is -33.9. The first-order chi connectivity index (χ1) is 46.1. The van der Waals surface area contributed by atoms with Gasteiger partial charge in [-0.1, -0.05) is 13.1 Å². The largest absolute Gasteiger partial charge is 0.396 e. The van der Waals surface area contributed by atoms with Crippen molar-refractivity contribution >= 4 is 84.1 Å². The zero-order valence-electron chi connectivity index (χ0n) is 46.1. The molecule has 0 unspecified atom stereocenters. The van der Waals surface area contributed by atoms with Crippen LogP contribution in [-0.4, -0.2) is 29.9 Å². The lowest BCUT2D eigenvalue weighted by molar-refractivity contribution is 0.434. The zero-order valence-corrected chi connectivity index (χ0v) is 46.1. The number of aromatic nitrogens is 6. The lowest BCUT2D eigenvalue weighted by Crippen LogP contribution is -2.31. The third-order valence-corrected chi connectivity index (χ3v) is 13.0. The SMILES string of the molecule is N#CC(C#N)=c1c(F)c(F)c(=C(C#N)C#N)c(F)c1F.[C-]#[N+]C(=C1C(=C(C#N)c2c(F)c(C)c(N)c(F)c2F)C1=C(C#N)c1c(F)c(F)c([N+]#[C-])c(F)c1F)c1c(F)c(F)c(C#N)c(F)c1F.[C-]#[N+]c1nc2c(nc1C#N)c1nc(C#N)c(C#N)nc1c1nc(C#N)c([N+]#[C-])nc12. The summed E-state index contributed by atoms with van der Waals surface area (Å²) in [5, 5.41) is 96.8. The Labute approximate surface area is 526 Å². The van der Waals surface area contributed by atoms with Gasteiger partial charge in [-0.15, -0.1) is 9.97 Å². The molecule has 1 fully saturated rings. The number of nitrogens with zero attached hydrogens (tertiary/aromatic N) is 21. The Morgan fingerprint density at radius 3 is 0.969 bits per heavy atom. The lowest BCUT2D eigenvalue weighted by atomic mass is 9.98. The summed E-state index contributed by atoms with van der Waals surface area (Å²) in [6.45, 7) is 29.5. The van der Waals surface area contributed by atoms with Gasteiger partial charge in [-0.3, -0.25) is 0 Å². The lowest BCUT2D eigenvalue weighted by Gasteiger charge is -2.10. The van der Waals surface area contributed by atoms with Crippen molar-refractivity contribution in [3.63, 3.8) is 0 Å². The van der Waals surface area contributed by atoms with E-state index in [1.807, 2.05) is 0 Å². The smallest absolute Gasteiger partial charge is 0.307 e. The molecule has 0 bridgehead atoms. The molecule has 0 amide bonds. The number of allylic oxidation sites excluding steroid dienone is 5. The third-order valence-electron chi connectivity index (χ3n) is 13.0. The third kappa shape index (κ3) is 10.9. The van der Waals surface area contributed by atoms with Gasteiger partial charge in [-0.25, -0.2) is 95.5 Å². The van der Waals surface area contributed by atoms with Gasteiger partial charge in [0.1, 0.15) is 111 Å². The van der Waals surface area contributed by atoms with E-state index in [1.54, 1.807) is 24.3 Å². The zero-order chi connectivity index (χ0) is 72.3. The van der Waals surface area contributed by atoms with E-state index < -0.39 is 182 Å². The van der Waals surface area contributed by atoms with Crippen LogP contribution in [0.3, 0.4) is 0 Å². The van der Waals surface area contributed by atoms with Crippen LogP contribution in [0.15, 0.2) is 16.7 Å². The highest BCUT2D eigenvalue weighted by atomic mass is 19.2. The maximum absolute atomic E-state index is 15.3. The van der Waals surface area contributed by atoms with Crippen LogP contribution in [0.2, 0.25) is 0 Å². The molecule has 460 valence electrons. The highest BCUT2D eigenvalue weighted by Gasteiger charge is 2.46. The molecule has 1 aliphatic carbocycles. The van der Waals surface area contributed by atoms with Crippen molar-refractivity contribution in [2.24, 2.45) is 0 Å². The molecule has 0 atom stereocenters. The average Bonchev–Trinajstić information content (AvgIpc) is 1.64. The van der Waals surface area contributed by atoms with Crippen LogP contribution < -0.4 is 16.2 Å². The van der Waals surface area contributed by atoms with E-state index in [4.69, 9.17) is 58.3 Å². The second-order valence-electron chi connectivity index (χ2n) is 17.8. The first kappa shape index (κ1) is 68.7. The van der Waals surface area contributed by atoms with Gasteiger partial charge in [0.05, 0.1) is 57.1 Å². The van der Waals surface area contributed by atoms with Crippen molar-refractivity contribution in [3.05, 3.63) is 211 Å².